The molecular weight excluding hydrogens is 258 g/mol. The van der Waals surface area contributed by atoms with Gasteiger partial charge in [0.2, 0.25) is 0 Å². The van der Waals surface area contributed by atoms with Crippen LogP contribution in [0.25, 0.3) is 0 Å². The summed E-state index contributed by atoms with van der Waals surface area (Å²) in [6.07, 6.45) is 1.11. The van der Waals surface area contributed by atoms with Crippen LogP contribution < -0.4 is 10.1 Å². The summed E-state index contributed by atoms with van der Waals surface area (Å²) >= 11 is 0. The second-order valence-corrected chi connectivity index (χ2v) is 5.43. The van der Waals surface area contributed by atoms with Crippen LogP contribution in [0.3, 0.4) is 0 Å². The molecule has 0 radical (unpaired) electrons. The van der Waals surface area contributed by atoms with Gasteiger partial charge in [-0.15, -0.1) is 0 Å². The highest BCUT2D eigenvalue weighted by Gasteiger charge is 2.20. The van der Waals surface area contributed by atoms with Gasteiger partial charge in [0.1, 0.15) is 5.75 Å². The van der Waals surface area contributed by atoms with Crippen LogP contribution in [0.15, 0.2) is 42.5 Å². The Morgan fingerprint density at radius 3 is 2.29 bits per heavy atom. The first-order valence-corrected chi connectivity index (χ1v) is 7.61. The molecule has 2 aromatic rings. The maximum atomic E-state index is 5.57. The van der Waals surface area contributed by atoms with Crippen LogP contribution in [-0.2, 0) is 0 Å². The zero-order chi connectivity index (χ0) is 15.2. The molecule has 0 aliphatic carbocycles. The molecule has 0 fully saturated rings. The number of benzene rings is 2. The molecule has 112 valence electrons. The molecule has 1 atom stereocenters. The highest BCUT2D eigenvalue weighted by molar-refractivity contribution is 5.46. The van der Waals surface area contributed by atoms with Gasteiger partial charge in [-0.05, 0) is 49.6 Å². The molecule has 0 aliphatic heterocycles. The van der Waals surface area contributed by atoms with Crippen LogP contribution in [0.2, 0.25) is 0 Å². The van der Waals surface area contributed by atoms with Crippen molar-refractivity contribution >= 4 is 0 Å². The fourth-order valence-corrected chi connectivity index (χ4v) is 2.84. The van der Waals surface area contributed by atoms with Crippen molar-refractivity contribution in [3.05, 3.63) is 64.7 Å². The van der Waals surface area contributed by atoms with Crippen LogP contribution in [-0.4, -0.2) is 13.7 Å². The van der Waals surface area contributed by atoms with E-state index in [4.69, 9.17) is 4.74 Å². The summed E-state index contributed by atoms with van der Waals surface area (Å²) in [6.45, 7) is 7.53. The molecule has 2 rings (SSSR count). The van der Waals surface area contributed by atoms with E-state index in [1.165, 1.54) is 22.3 Å². The third-order valence-electron chi connectivity index (χ3n) is 3.88. The Kier molecular flexibility index (Phi) is 5.40. The summed E-state index contributed by atoms with van der Waals surface area (Å²) < 4.78 is 5.57. The minimum absolute atomic E-state index is 0.169. The molecule has 0 saturated heterocycles. The Hall–Kier alpha value is -1.80. The number of hydrogen-bond acceptors (Lipinski definition) is 2. The van der Waals surface area contributed by atoms with E-state index in [0.717, 1.165) is 18.7 Å². The van der Waals surface area contributed by atoms with Crippen LogP contribution in [0.4, 0.5) is 0 Å². The van der Waals surface area contributed by atoms with Crippen molar-refractivity contribution in [2.24, 2.45) is 0 Å². The Bertz CT molecular complexity index is 572. The fraction of sp³-hybridized carbons (Fsp3) is 0.368. The standard InChI is InChI=1S/C19H25NO/c1-5-13-20-19(16-11-6-7-12-17(16)21-4)18-14(2)9-8-10-15(18)3/h6-12,19-20H,5,13H2,1-4H3. The van der Waals surface area contributed by atoms with Crippen molar-refractivity contribution in [2.75, 3.05) is 13.7 Å². The monoisotopic (exact) mass is 283 g/mol. The molecule has 0 heterocycles. The maximum Gasteiger partial charge on any atom is 0.123 e. The Labute approximate surface area is 128 Å². The van der Waals surface area contributed by atoms with Gasteiger partial charge in [-0.2, -0.15) is 0 Å². The quantitative estimate of drug-likeness (QED) is 0.848. The van der Waals surface area contributed by atoms with Crippen molar-refractivity contribution in [1.29, 1.82) is 0 Å². The van der Waals surface area contributed by atoms with E-state index in [2.05, 4.69) is 56.4 Å². The van der Waals surface area contributed by atoms with Gasteiger partial charge in [-0.3, -0.25) is 0 Å². The van der Waals surface area contributed by atoms with Crippen LogP contribution in [0.5, 0.6) is 5.75 Å². The molecule has 0 saturated carbocycles. The first-order valence-electron chi connectivity index (χ1n) is 7.61. The van der Waals surface area contributed by atoms with Gasteiger partial charge in [-0.25, -0.2) is 0 Å². The van der Waals surface area contributed by atoms with Crippen molar-refractivity contribution in [3.63, 3.8) is 0 Å². The molecule has 0 spiro atoms. The smallest absolute Gasteiger partial charge is 0.123 e. The summed E-state index contributed by atoms with van der Waals surface area (Å²) in [7, 11) is 1.74. The Morgan fingerprint density at radius 1 is 1.00 bits per heavy atom. The molecule has 0 aliphatic rings. The van der Waals surface area contributed by atoms with Gasteiger partial charge < -0.3 is 10.1 Å². The lowest BCUT2D eigenvalue weighted by Crippen LogP contribution is -2.25. The summed E-state index contributed by atoms with van der Waals surface area (Å²) in [5.41, 5.74) is 5.19. The van der Waals surface area contributed by atoms with Crippen LogP contribution >= 0.6 is 0 Å². The molecule has 2 aromatic carbocycles. The zero-order valence-electron chi connectivity index (χ0n) is 13.4. The van der Waals surface area contributed by atoms with E-state index in [9.17, 15) is 0 Å². The molecule has 2 heteroatoms. The summed E-state index contributed by atoms with van der Waals surface area (Å²) in [5.74, 6) is 0.939. The third kappa shape index (κ3) is 3.45. The first kappa shape index (κ1) is 15.6. The lowest BCUT2D eigenvalue weighted by molar-refractivity contribution is 0.403. The van der Waals surface area contributed by atoms with E-state index in [-0.39, 0.29) is 6.04 Å². The molecule has 0 aromatic heterocycles. The normalized spacial score (nSPS) is 12.2. The number of aryl methyl sites for hydroxylation is 2. The maximum absolute atomic E-state index is 5.57. The van der Waals surface area contributed by atoms with Crippen molar-refractivity contribution in [1.82, 2.24) is 5.32 Å². The van der Waals surface area contributed by atoms with Crippen molar-refractivity contribution in [3.8, 4) is 5.75 Å². The van der Waals surface area contributed by atoms with Gasteiger partial charge >= 0.3 is 0 Å². The molecule has 0 amide bonds. The minimum atomic E-state index is 0.169. The lowest BCUT2D eigenvalue weighted by Gasteiger charge is -2.25. The summed E-state index contributed by atoms with van der Waals surface area (Å²) in [6, 6.07) is 14.9. The number of ether oxygens (including phenoxy) is 1. The number of nitrogens with one attached hydrogen (secondary N) is 1. The van der Waals surface area contributed by atoms with E-state index >= 15 is 0 Å². The van der Waals surface area contributed by atoms with E-state index in [1.54, 1.807) is 7.11 Å². The van der Waals surface area contributed by atoms with E-state index in [1.807, 2.05) is 12.1 Å². The SMILES string of the molecule is CCCNC(c1ccccc1OC)c1c(C)cccc1C. The molecule has 1 N–H and O–H groups in total. The van der Waals surface area contributed by atoms with Gasteiger partial charge in [0.15, 0.2) is 0 Å². The second-order valence-electron chi connectivity index (χ2n) is 5.43. The number of para-hydroxylation sites is 1. The van der Waals surface area contributed by atoms with Gasteiger partial charge in [0, 0.05) is 5.56 Å². The zero-order valence-corrected chi connectivity index (χ0v) is 13.4. The summed E-state index contributed by atoms with van der Waals surface area (Å²) in [4.78, 5) is 0. The summed E-state index contributed by atoms with van der Waals surface area (Å²) in [5, 5.41) is 3.68. The topological polar surface area (TPSA) is 21.3 Å². The average Bonchev–Trinajstić information content (AvgIpc) is 2.50. The van der Waals surface area contributed by atoms with Crippen LogP contribution in [0, 0.1) is 13.8 Å². The van der Waals surface area contributed by atoms with Crippen molar-refractivity contribution < 1.29 is 4.74 Å². The number of methoxy groups -OCH3 is 1. The Balaban J connectivity index is 2.53. The van der Waals surface area contributed by atoms with Gasteiger partial charge in [-0.1, -0.05) is 43.3 Å². The molecule has 0 bridgehead atoms. The average molecular weight is 283 g/mol. The molecule has 2 nitrogen and oxygen atoms in total. The molecular formula is C19H25NO. The molecule has 21 heavy (non-hydrogen) atoms. The first-order chi connectivity index (χ1) is 10.2. The third-order valence-corrected chi connectivity index (χ3v) is 3.88. The van der Waals surface area contributed by atoms with Gasteiger partial charge in [0.05, 0.1) is 13.2 Å². The van der Waals surface area contributed by atoms with E-state index in [0.29, 0.717) is 0 Å². The van der Waals surface area contributed by atoms with E-state index < -0.39 is 0 Å². The van der Waals surface area contributed by atoms with Gasteiger partial charge in [0.25, 0.3) is 0 Å². The fourth-order valence-electron chi connectivity index (χ4n) is 2.84. The highest BCUT2D eigenvalue weighted by atomic mass is 16.5. The van der Waals surface area contributed by atoms with Crippen molar-refractivity contribution in [2.45, 2.75) is 33.2 Å². The number of rotatable bonds is 6. The second kappa shape index (κ2) is 7.28. The predicted molar refractivity (Wildman–Crippen MR) is 89.0 cm³/mol. The molecule has 1 unspecified atom stereocenters. The van der Waals surface area contributed by atoms with Crippen LogP contribution in [0.1, 0.15) is 41.6 Å². The number of hydrogen-bond donors (Lipinski definition) is 1. The predicted octanol–water partition coefficient (Wildman–Crippen LogP) is 4.40. The lowest BCUT2D eigenvalue weighted by atomic mass is 9.90. The highest BCUT2D eigenvalue weighted by Crippen LogP contribution is 2.33. The Morgan fingerprint density at radius 2 is 1.67 bits per heavy atom. The largest absolute Gasteiger partial charge is 0.496 e. The minimum Gasteiger partial charge on any atom is -0.496 e.